The molecule has 0 atom stereocenters. The normalized spacial score (nSPS) is 11.0. The maximum absolute atomic E-state index is 12.9. The number of H-pyrrole nitrogens is 1. The molecule has 0 fully saturated rings. The number of nitrogens with one attached hydrogen (secondary N) is 2. The second-order valence-electron chi connectivity index (χ2n) is 5.77. The third-order valence-corrected chi connectivity index (χ3v) is 4.71. The number of aromatic amines is 1. The van der Waals surface area contributed by atoms with Crippen molar-refractivity contribution in [3.63, 3.8) is 0 Å². The molecule has 0 saturated heterocycles. The number of aromatic nitrogens is 5. The Morgan fingerprint density at radius 1 is 1.26 bits per heavy atom. The molecule has 10 heteroatoms. The quantitative estimate of drug-likeness (QED) is 0.547. The maximum atomic E-state index is 12.9. The Balaban J connectivity index is 1.42. The summed E-state index contributed by atoms with van der Waals surface area (Å²) in [5, 5.41) is 11.0. The molecule has 0 aliphatic rings. The molecule has 0 spiro atoms. The lowest BCUT2D eigenvalue weighted by Gasteiger charge is -2.04. The van der Waals surface area contributed by atoms with Gasteiger partial charge in [-0.15, -0.1) is 16.4 Å². The third-order valence-electron chi connectivity index (χ3n) is 3.82. The van der Waals surface area contributed by atoms with Crippen LogP contribution in [0.5, 0.6) is 0 Å². The predicted molar refractivity (Wildman–Crippen MR) is 98.1 cm³/mol. The first-order valence-electron chi connectivity index (χ1n) is 7.97. The molecule has 8 nitrogen and oxygen atoms in total. The zero-order chi connectivity index (χ0) is 18.8. The number of carbonyl (C=O) groups excluding carboxylic acids is 1. The summed E-state index contributed by atoms with van der Waals surface area (Å²) in [6.07, 6.45) is 1.76. The summed E-state index contributed by atoms with van der Waals surface area (Å²) >= 11 is 1.28. The van der Waals surface area contributed by atoms with Crippen LogP contribution in [0.3, 0.4) is 0 Å². The van der Waals surface area contributed by atoms with E-state index < -0.39 is 5.91 Å². The summed E-state index contributed by atoms with van der Waals surface area (Å²) in [6.45, 7) is -0.193. The highest BCUT2D eigenvalue weighted by molar-refractivity contribution is 7.17. The van der Waals surface area contributed by atoms with Gasteiger partial charge in [0.1, 0.15) is 22.9 Å². The standard InChI is InChI=1S/C17H13FN6O2S/c18-11-3-1-10(2-4-11)7-13-20-17(23-22-13)21-14(25)8-24-9-19-12-5-6-27-15(12)16(24)26/h1-6,9H,7-8H2,(H2,20,21,22,23,25). The van der Waals surface area contributed by atoms with E-state index in [9.17, 15) is 14.0 Å². The van der Waals surface area contributed by atoms with Crippen LogP contribution >= 0.6 is 11.3 Å². The Bertz CT molecular complexity index is 1160. The lowest BCUT2D eigenvalue weighted by molar-refractivity contribution is -0.116. The van der Waals surface area contributed by atoms with Crippen LogP contribution in [-0.2, 0) is 17.8 Å². The second kappa shape index (κ2) is 7.08. The molecule has 0 bridgehead atoms. The van der Waals surface area contributed by atoms with Crippen molar-refractivity contribution in [3.8, 4) is 0 Å². The van der Waals surface area contributed by atoms with Crippen molar-refractivity contribution in [2.24, 2.45) is 0 Å². The van der Waals surface area contributed by atoms with Crippen molar-refractivity contribution in [1.29, 1.82) is 0 Å². The van der Waals surface area contributed by atoms with Gasteiger partial charge in [-0.05, 0) is 29.1 Å². The van der Waals surface area contributed by atoms with E-state index in [1.807, 2.05) is 0 Å². The van der Waals surface area contributed by atoms with Crippen molar-refractivity contribution < 1.29 is 9.18 Å². The molecule has 4 aromatic rings. The molecule has 2 N–H and O–H groups in total. The van der Waals surface area contributed by atoms with Gasteiger partial charge < -0.3 is 0 Å². The van der Waals surface area contributed by atoms with Crippen LogP contribution in [0.25, 0.3) is 10.2 Å². The zero-order valence-electron chi connectivity index (χ0n) is 13.8. The van der Waals surface area contributed by atoms with E-state index in [2.05, 4.69) is 25.5 Å². The molecule has 0 unspecified atom stereocenters. The molecule has 0 saturated carbocycles. The minimum absolute atomic E-state index is 0.107. The van der Waals surface area contributed by atoms with Gasteiger partial charge in [0.05, 0.1) is 11.8 Å². The number of anilines is 1. The number of carbonyl (C=O) groups is 1. The highest BCUT2D eigenvalue weighted by Crippen LogP contribution is 2.13. The Labute approximate surface area is 155 Å². The molecule has 3 aromatic heterocycles. The van der Waals surface area contributed by atoms with Crippen LogP contribution in [0.2, 0.25) is 0 Å². The first-order valence-corrected chi connectivity index (χ1v) is 8.85. The monoisotopic (exact) mass is 384 g/mol. The van der Waals surface area contributed by atoms with E-state index >= 15 is 0 Å². The van der Waals surface area contributed by atoms with Gasteiger partial charge in [0.15, 0.2) is 0 Å². The van der Waals surface area contributed by atoms with Crippen LogP contribution in [0, 0.1) is 5.82 Å². The highest BCUT2D eigenvalue weighted by Gasteiger charge is 2.12. The molecule has 136 valence electrons. The Morgan fingerprint density at radius 2 is 2.07 bits per heavy atom. The van der Waals surface area contributed by atoms with Crippen molar-refractivity contribution in [1.82, 2.24) is 24.7 Å². The summed E-state index contributed by atoms with van der Waals surface area (Å²) in [5.74, 6) is -0.122. The van der Waals surface area contributed by atoms with Crippen molar-refractivity contribution in [2.75, 3.05) is 5.32 Å². The zero-order valence-corrected chi connectivity index (χ0v) is 14.7. The summed E-state index contributed by atoms with van der Waals surface area (Å²) < 4.78 is 14.7. The second-order valence-corrected chi connectivity index (χ2v) is 6.69. The van der Waals surface area contributed by atoms with E-state index in [-0.39, 0.29) is 23.9 Å². The van der Waals surface area contributed by atoms with Crippen LogP contribution < -0.4 is 10.9 Å². The van der Waals surface area contributed by atoms with E-state index in [1.165, 1.54) is 34.4 Å². The lowest BCUT2D eigenvalue weighted by Crippen LogP contribution is -2.27. The van der Waals surface area contributed by atoms with Crippen LogP contribution in [0.1, 0.15) is 11.4 Å². The van der Waals surface area contributed by atoms with Crippen LogP contribution in [0.4, 0.5) is 10.3 Å². The van der Waals surface area contributed by atoms with Gasteiger partial charge in [-0.1, -0.05) is 12.1 Å². The minimum atomic E-state index is -0.442. The predicted octanol–water partition coefficient (Wildman–Crippen LogP) is 1.94. The number of hydrogen-bond acceptors (Lipinski definition) is 6. The van der Waals surface area contributed by atoms with Crippen molar-refractivity contribution in [2.45, 2.75) is 13.0 Å². The maximum Gasteiger partial charge on any atom is 0.271 e. The molecule has 0 radical (unpaired) electrons. The van der Waals surface area contributed by atoms with Crippen molar-refractivity contribution in [3.05, 3.63) is 69.6 Å². The van der Waals surface area contributed by atoms with Gasteiger partial charge >= 0.3 is 0 Å². The average Bonchev–Trinajstić information content (AvgIpc) is 3.29. The summed E-state index contributed by atoms with van der Waals surface area (Å²) in [5.41, 5.74) is 1.20. The Morgan fingerprint density at radius 3 is 2.89 bits per heavy atom. The molecule has 27 heavy (non-hydrogen) atoms. The molecule has 0 aliphatic heterocycles. The summed E-state index contributed by atoms with van der Waals surface area (Å²) in [4.78, 5) is 32.8. The van der Waals surface area contributed by atoms with Gasteiger partial charge in [-0.3, -0.25) is 24.6 Å². The molecule has 4 rings (SSSR count). The topological polar surface area (TPSA) is 106 Å². The molecule has 0 aliphatic carbocycles. The number of rotatable bonds is 5. The molecule has 1 aromatic carbocycles. The first kappa shape index (κ1) is 17.0. The van der Waals surface area contributed by atoms with Gasteiger partial charge in [-0.25, -0.2) is 9.37 Å². The van der Waals surface area contributed by atoms with Gasteiger partial charge in [0, 0.05) is 6.42 Å². The average molecular weight is 384 g/mol. The van der Waals surface area contributed by atoms with E-state index in [1.54, 1.807) is 23.6 Å². The van der Waals surface area contributed by atoms with Crippen LogP contribution in [-0.4, -0.2) is 30.6 Å². The largest absolute Gasteiger partial charge is 0.292 e. The van der Waals surface area contributed by atoms with Gasteiger partial charge in [0.2, 0.25) is 11.9 Å². The molecule has 3 heterocycles. The molecular formula is C17H13FN6O2S. The third kappa shape index (κ3) is 3.75. The van der Waals surface area contributed by atoms with Crippen LogP contribution in [0.15, 0.2) is 46.8 Å². The number of thiophene rings is 1. The SMILES string of the molecule is O=C(Cn1cnc2ccsc2c1=O)Nc1n[nH]c(Cc2ccc(F)cc2)n1. The highest BCUT2D eigenvalue weighted by atomic mass is 32.1. The van der Waals surface area contributed by atoms with Crippen molar-refractivity contribution >= 4 is 33.4 Å². The van der Waals surface area contributed by atoms with Gasteiger partial charge in [-0.2, -0.15) is 4.98 Å². The van der Waals surface area contributed by atoms with Gasteiger partial charge in [0.25, 0.3) is 5.56 Å². The molecular weight excluding hydrogens is 371 g/mol. The number of benzene rings is 1. The fourth-order valence-corrected chi connectivity index (χ4v) is 3.33. The summed E-state index contributed by atoms with van der Waals surface area (Å²) in [6, 6.07) is 7.78. The minimum Gasteiger partial charge on any atom is -0.292 e. The Kier molecular flexibility index (Phi) is 4.47. The van der Waals surface area contributed by atoms with E-state index in [4.69, 9.17) is 0 Å². The number of amides is 1. The number of fused-ring (bicyclic) bond motifs is 1. The van der Waals surface area contributed by atoms with E-state index in [0.29, 0.717) is 22.5 Å². The van der Waals surface area contributed by atoms with E-state index in [0.717, 1.165) is 5.56 Å². The summed E-state index contributed by atoms with van der Waals surface area (Å²) in [7, 11) is 0. The Hall–Kier alpha value is -3.40. The number of hydrogen-bond donors (Lipinski definition) is 2. The first-order chi connectivity index (χ1) is 13.1. The number of halogens is 1. The lowest BCUT2D eigenvalue weighted by atomic mass is 10.1. The molecule has 1 amide bonds. The fraction of sp³-hybridized carbons (Fsp3) is 0.118. The smallest absolute Gasteiger partial charge is 0.271 e. The number of nitrogens with zero attached hydrogens (tertiary/aromatic N) is 4. The fourth-order valence-electron chi connectivity index (χ4n) is 2.54.